The maximum Gasteiger partial charge on any atom is 0.253 e. The molecule has 0 spiro atoms. The van der Waals surface area contributed by atoms with Crippen molar-refractivity contribution in [1.29, 1.82) is 0 Å². The number of amides is 2. The molecule has 2 aromatic carbocycles. The quantitative estimate of drug-likeness (QED) is 0.933. The molecule has 0 atom stereocenters. The van der Waals surface area contributed by atoms with Crippen LogP contribution < -0.4 is 10.1 Å². The van der Waals surface area contributed by atoms with Crippen molar-refractivity contribution in [2.75, 3.05) is 20.7 Å². The van der Waals surface area contributed by atoms with Gasteiger partial charge >= 0.3 is 0 Å². The van der Waals surface area contributed by atoms with Gasteiger partial charge in [0, 0.05) is 31.8 Å². The van der Waals surface area contributed by atoms with Gasteiger partial charge in [0.2, 0.25) is 0 Å². The third kappa shape index (κ3) is 3.71. The molecular weight excluding hydrogens is 316 g/mol. The van der Waals surface area contributed by atoms with Crippen LogP contribution in [0.5, 0.6) is 5.75 Å². The van der Waals surface area contributed by atoms with E-state index in [2.05, 4.69) is 5.32 Å². The molecule has 5 heteroatoms. The number of hydrogen-bond donors (Lipinski definition) is 1. The van der Waals surface area contributed by atoms with Crippen molar-refractivity contribution in [3.8, 4) is 5.75 Å². The first kappa shape index (κ1) is 16.8. The SMILES string of the molecule is CNC(=O)c1ccc(CN(C)C(=O)C2=Cc3ccccc3OC2)cc1. The van der Waals surface area contributed by atoms with E-state index in [1.807, 2.05) is 42.5 Å². The fourth-order valence-electron chi connectivity index (χ4n) is 2.74. The minimum Gasteiger partial charge on any atom is -0.488 e. The van der Waals surface area contributed by atoms with Crippen molar-refractivity contribution in [2.24, 2.45) is 0 Å². The van der Waals surface area contributed by atoms with Crippen molar-refractivity contribution in [2.45, 2.75) is 6.54 Å². The topological polar surface area (TPSA) is 58.6 Å². The first-order chi connectivity index (χ1) is 12.1. The van der Waals surface area contributed by atoms with Crippen LogP contribution in [0, 0.1) is 0 Å². The molecule has 0 fully saturated rings. The molecule has 0 unspecified atom stereocenters. The van der Waals surface area contributed by atoms with Crippen molar-refractivity contribution in [1.82, 2.24) is 10.2 Å². The molecule has 1 heterocycles. The highest BCUT2D eigenvalue weighted by atomic mass is 16.5. The molecule has 1 N–H and O–H groups in total. The maximum atomic E-state index is 12.6. The third-order valence-electron chi connectivity index (χ3n) is 4.12. The van der Waals surface area contributed by atoms with E-state index in [0.717, 1.165) is 16.9 Å². The van der Waals surface area contributed by atoms with Crippen LogP contribution in [-0.4, -0.2) is 37.4 Å². The Morgan fingerprint density at radius 2 is 1.84 bits per heavy atom. The van der Waals surface area contributed by atoms with Gasteiger partial charge in [-0.15, -0.1) is 0 Å². The molecule has 2 amide bonds. The second kappa shape index (κ2) is 7.21. The number of carbonyl (C=O) groups is 2. The third-order valence-corrected chi connectivity index (χ3v) is 4.12. The highest BCUT2D eigenvalue weighted by molar-refractivity contribution is 5.99. The van der Waals surface area contributed by atoms with Crippen LogP contribution in [0.15, 0.2) is 54.1 Å². The second-order valence-corrected chi connectivity index (χ2v) is 5.93. The normalized spacial score (nSPS) is 12.5. The number of carbonyl (C=O) groups excluding carboxylic acids is 2. The van der Waals surface area contributed by atoms with Gasteiger partial charge in [0.1, 0.15) is 12.4 Å². The number of benzene rings is 2. The van der Waals surface area contributed by atoms with Crippen LogP contribution in [0.3, 0.4) is 0 Å². The second-order valence-electron chi connectivity index (χ2n) is 5.93. The lowest BCUT2D eigenvalue weighted by atomic mass is 10.1. The van der Waals surface area contributed by atoms with Crippen LogP contribution in [0.1, 0.15) is 21.5 Å². The molecule has 5 nitrogen and oxygen atoms in total. The average Bonchev–Trinajstić information content (AvgIpc) is 2.67. The van der Waals surface area contributed by atoms with Crippen molar-refractivity contribution in [3.05, 3.63) is 70.8 Å². The van der Waals surface area contributed by atoms with E-state index >= 15 is 0 Å². The van der Waals surface area contributed by atoms with Crippen molar-refractivity contribution >= 4 is 17.9 Å². The number of hydrogen-bond acceptors (Lipinski definition) is 3. The summed E-state index contributed by atoms with van der Waals surface area (Å²) in [7, 11) is 3.36. The van der Waals surface area contributed by atoms with Gasteiger partial charge < -0.3 is 15.0 Å². The monoisotopic (exact) mass is 336 g/mol. The molecule has 0 saturated heterocycles. The summed E-state index contributed by atoms with van der Waals surface area (Å²) in [5.74, 6) is 0.607. The Labute approximate surface area is 146 Å². The van der Waals surface area contributed by atoms with Crippen LogP contribution in [0.4, 0.5) is 0 Å². The Bertz CT molecular complexity index is 825. The van der Waals surface area contributed by atoms with E-state index in [0.29, 0.717) is 17.7 Å². The lowest BCUT2D eigenvalue weighted by Crippen LogP contribution is -2.30. The van der Waals surface area contributed by atoms with Gasteiger partial charge in [0.15, 0.2) is 0 Å². The summed E-state index contributed by atoms with van der Waals surface area (Å²) in [5, 5.41) is 2.59. The fraction of sp³-hybridized carbons (Fsp3) is 0.200. The number of nitrogens with one attached hydrogen (secondary N) is 1. The highest BCUT2D eigenvalue weighted by Crippen LogP contribution is 2.26. The molecule has 25 heavy (non-hydrogen) atoms. The van der Waals surface area contributed by atoms with E-state index in [4.69, 9.17) is 4.74 Å². The van der Waals surface area contributed by atoms with Gasteiger partial charge in [-0.05, 0) is 29.8 Å². The van der Waals surface area contributed by atoms with E-state index in [1.54, 1.807) is 31.1 Å². The number of ether oxygens (including phenoxy) is 1. The summed E-state index contributed by atoms with van der Waals surface area (Å²) in [6.45, 7) is 0.738. The summed E-state index contributed by atoms with van der Waals surface area (Å²) in [4.78, 5) is 25.9. The van der Waals surface area contributed by atoms with E-state index in [9.17, 15) is 9.59 Å². The van der Waals surface area contributed by atoms with Crippen LogP contribution in [-0.2, 0) is 11.3 Å². The molecule has 3 rings (SSSR count). The summed E-state index contributed by atoms with van der Waals surface area (Å²) < 4.78 is 5.65. The zero-order valence-electron chi connectivity index (χ0n) is 14.3. The van der Waals surface area contributed by atoms with Gasteiger partial charge in [0.05, 0.1) is 5.57 Å². The smallest absolute Gasteiger partial charge is 0.253 e. The standard InChI is InChI=1S/C20H20N2O3/c1-21-19(23)15-9-7-14(8-10-15)12-22(2)20(24)17-11-16-5-3-4-6-18(16)25-13-17/h3-11H,12-13H2,1-2H3,(H,21,23). The lowest BCUT2D eigenvalue weighted by molar-refractivity contribution is -0.126. The lowest BCUT2D eigenvalue weighted by Gasteiger charge is -2.22. The Balaban J connectivity index is 1.69. The summed E-state index contributed by atoms with van der Waals surface area (Å²) >= 11 is 0. The Morgan fingerprint density at radius 3 is 2.56 bits per heavy atom. The zero-order chi connectivity index (χ0) is 17.8. The molecule has 1 aliphatic heterocycles. The van der Waals surface area contributed by atoms with Gasteiger partial charge in [0.25, 0.3) is 11.8 Å². The fourth-order valence-corrected chi connectivity index (χ4v) is 2.74. The van der Waals surface area contributed by atoms with Gasteiger partial charge in [-0.1, -0.05) is 30.3 Å². The molecule has 128 valence electrons. The number of para-hydroxylation sites is 1. The van der Waals surface area contributed by atoms with E-state index < -0.39 is 0 Å². The predicted octanol–water partition coefficient (Wildman–Crippen LogP) is 2.48. The summed E-state index contributed by atoms with van der Waals surface area (Å²) in [5.41, 5.74) is 3.10. The van der Waals surface area contributed by atoms with Crippen LogP contribution >= 0.6 is 0 Å². The minimum absolute atomic E-state index is 0.0649. The van der Waals surface area contributed by atoms with Crippen LogP contribution in [0.25, 0.3) is 6.08 Å². The molecule has 0 bridgehead atoms. The summed E-state index contributed by atoms with van der Waals surface area (Å²) in [6.07, 6.45) is 1.88. The molecule has 0 saturated carbocycles. The van der Waals surface area contributed by atoms with Crippen molar-refractivity contribution < 1.29 is 14.3 Å². The van der Waals surface area contributed by atoms with Gasteiger partial charge in [-0.2, -0.15) is 0 Å². The van der Waals surface area contributed by atoms with E-state index in [1.165, 1.54) is 0 Å². The van der Waals surface area contributed by atoms with E-state index in [-0.39, 0.29) is 18.4 Å². The Hall–Kier alpha value is -3.08. The molecule has 1 aliphatic rings. The Kier molecular flexibility index (Phi) is 4.84. The molecule has 0 radical (unpaired) electrons. The first-order valence-electron chi connectivity index (χ1n) is 8.07. The predicted molar refractivity (Wildman–Crippen MR) is 96.2 cm³/mol. The zero-order valence-corrected chi connectivity index (χ0v) is 14.3. The maximum absolute atomic E-state index is 12.6. The van der Waals surface area contributed by atoms with Gasteiger partial charge in [-0.25, -0.2) is 0 Å². The number of fused-ring (bicyclic) bond motifs is 1. The number of rotatable bonds is 4. The minimum atomic E-state index is -0.126. The average molecular weight is 336 g/mol. The summed E-state index contributed by atoms with van der Waals surface area (Å²) in [6, 6.07) is 14.9. The van der Waals surface area contributed by atoms with Crippen LogP contribution in [0.2, 0.25) is 0 Å². The first-order valence-corrected chi connectivity index (χ1v) is 8.07. The van der Waals surface area contributed by atoms with Gasteiger partial charge in [-0.3, -0.25) is 9.59 Å². The molecule has 2 aromatic rings. The number of nitrogens with zero attached hydrogens (tertiary/aromatic N) is 1. The molecule has 0 aliphatic carbocycles. The largest absolute Gasteiger partial charge is 0.488 e. The Morgan fingerprint density at radius 1 is 1.12 bits per heavy atom. The highest BCUT2D eigenvalue weighted by Gasteiger charge is 2.20. The van der Waals surface area contributed by atoms with Crippen molar-refractivity contribution in [3.63, 3.8) is 0 Å². The molecular formula is C20H20N2O3. The number of likely N-dealkylation sites (N-methyl/N-ethyl adjacent to an activating group) is 1. The molecule has 0 aromatic heterocycles.